The van der Waals surface area contributed by atoms with Crippen LogP contribution in [0, 0.1) is 0 Å². The molecule has 1 aromatic heterocycles. The van der Waals surface area contributed by atoms with Gasteiger partial charge >= 0.3 is 0 Å². The van der Waals surface area contributed by atoms with E-state index in [-0.39, 0.29) is 0 Å². The second-order valence-corrected chi connectivity index (χ2v) is 6.31. The minimum absolute atomic E-state index is 0.578. The molecule has 0 unspecified atom stereocenters. The third-order valence-electron chi connectivity index (χ3n) is 2.33. The highest BCUT2D eigenvalue weighted by Gasteiger charge is 2.04. The second kappa shape index (κ2) is 6.57. The summed E-state index contributed by atoms with van der Waals surface area (Å²) in [6.45, 7) is 1.48. The molecule has 0 atom stereocenters. The monoisotopic (exact) mass is 345 g/mol. The van der Waals surface area contributed by atoms with Gasteiger partial charge in [0, 0.05) is 21.3 Å². The van der Waals surface area contributed by atoms with E-state index in [9.17, 15) is 0 Å². The first-order valence-corrected chi connectivity index (χ1v) is 7.48. The van der Waals surface area contributed by atoms with Gasteiger partial charge in [-0.1, -0.05) is 11.6 Å². The van der Waals surface area contributed by atoms with Crippen LogP contribution in [0.4, 0.5) is 0 Å². The standard InChI is InChI=1S/C13H13BrClNOS/c1-16-7-10-3-4-11(18-10)8-17-13-5-2-9(15)6-12(13)14/h2-6,16H,7-8H2,1H3. The van der Waals surface area contributed by atoms with E-state index in [1.807, 2.05) is 25.2 Å². The van der Waals surface area contributed by atoms with Gasteiger partial charge in [-0.2, -0.15) is 0 Å². The fourth-order valence-corrected chi connectivity index (χ4v) is 3.25. The van der Waals surface area contributed by atoms with Crippen molar-refractivity contribution in [1.29, 1.82) is 0 Å². The lowest BCUT2D eigenvalue weighted by Gasteiger charge is -2.07. The summed E-state index contributed by atoms with van der Waals surface area (Å²) in [6.07, 6.45) is 0. The van der Waals surface area contributed by atoms with E-state index in [0.29, 0.717) is 11.6 Å². The summed E-state index contributed by atoms with van der Waals surface area (Å²) in [5, 5.41) is 3.83. The molecule has 0 aliphatic rings. The quantitative estimate of drug-likeness (QED) is 0.863. The van der Waals surface area contributed by atoms with Crippen LogP contribution in [-0.4, -0.2) is 7.05 Å². The maximum absolute atomic E-state index is 5.88. The van der Waals surface area contributed by atoms with Gasteiger partial charge in [-0.15, -0.1) is 11.3 Å². The average molecular weight is 347 g/mol. The number of benzene rings is 1. The van der Waals surface area contributed by atoms with Crippen molar-refractivity contribution < 1.29 is 4.74 Å². The number of nitrogens with one attached hydrogen (secondary N) is 1. The third kappa shape index (κ3) is 3.72. The Balaban J connectivity index is 1.97. The minimum atomic E-state index is 0.578. The first-order chi connectivity index (χ1) is 8.69. The Morgan fingerprint density at radius 1 is 1.28 bits per heavy atom. The molecule has 0 radical (unpaired) electrons. The van der Waals surface area contributed by atoms with E-state index in [1.165, 1.54) is 9.75 Å². The molecule has 1 aromatic carbocycles. The molecule has 0 saturated carbocycles. The van der Waals surface area contributed by atoms with E-state index >= 15 is 0 Å². The number of halogens is 2. The molecule has 0 saturated heterocycles. The second-order valence-electron chi connectivity index (χ2n) is 3.76. The Morgan fingerprint density at radius 3 is 2.78 bits per heavy atom. The summed E-state index contributed by atoms with van der Waals surface area (Å²) < 4.78 is 6.63. The van der Waals surface area contributed by atoms with Crippen molar-refractivity contribution >= 4 is 38.9 Å². The minimum Gasteiger partial charge on any atom is -0.487 e. The van der Waals surface area contributed by atoms with Crippen molar-refractivity contribution in [1.82, 2.24) is 5.32 Å². The van der Waals surface area contributed by atoms with E-state index < -0.39 is 0 Å². The highest BCUT2D eigenvalue weighted by molar-refractivity contribution is 9.10. The van der Waals surface area contributed by atoms with E-state index in [0.717, 1.165) is 16.8 Å². The van der Waals surface area contributed by atoms with Crippen molar-refractivity contribution in [2.45, 2.75) is 13.2 Å². The smallest absolute Gasteiger partial charge is 0.134 e. The Labute approximate surface area is 124 Å². The van der Waals surface area contributed by atoms with Crippen molar-refractivity contribution in [3.8, 4) is 5.75 Å². The molecule has 18 heavy (non-hydrogen) atoms. The summed E-state index contributed by atoms with van der Waals surface area (Å²) in [7, 11) is 1.95. The van der Waals surface area contributed by atoms with Gasteiger partial charge in [0.1, 0.15) is 12.4 Å². The molecule has 2 nitrogen and oxygen atoms in total. The molecule has 1 heterocycles. The van der Waals surface area contributed by atoms with Gasteiger partial charge in [-0.25, -0.2) is 0 Å². The number of hydrogen-bond acceptors (Lipinski definition) is 3. The molecule has 0 amide bonds. The van der Waals surface area contributed by atoms with Crippen molar-refractivity contribution in [2.75, 3.05) is 7.05 Å². The molecule has 0 fully saturated rings. The van der Waals surface area contributed by atoms with Gasteiger partial charge in [0.25, 0.3) is 0 Å². The zero-order chi connectivity index (χ0) is 13.0. The molecular weight excluding hydrogens is 334 g/mol. The van der Waals surface area contributed by atoms with Gasteiger partial charge in [0.15, 0.2) is 0 Å². The average Bonchev–Trinajstić information content (AvgIpc) is 2.76. The molecule has 5 heteroatoms. The van der Waals surface area contributed by atoms with Crippen LogP contribution in [0.2, 0.25) is 5.02 Å². The van der Waals surface area contributed by atoms with Crippen molar-refractivity contribution in [3.63, 3.8) is 0 Å². The lowest BCUT2D eigenvalue weighted by molar-refractivity contribution is 0.308. The molecule has 0 aliphatic heterocycles. The summed E-state index contributed by atoms with van der Waals surface area (Å²) in [5.41, 5.74) is 0. The van der Waals surface area contributed by atoms with E-state index in [2.05, 4.69) is 33.4 Å². The molecule has 2 aromatic rings. The van der Waals surface area contributed by atoms with Crippen molar-refractivity contribution in [3.05, 3.63) is 49.6 Å². The zero-order valence-electron chi connectivity index (χ0n) is 9.87. The summed E-state index contributed by atoms with van der Waals surface area (Å²) in [5.74, 6) is 0.808. The maximum atomic E-state index is 5.88. The first kappa shape index (κ1) is 13.9. The Morgan fingerprint density at radius 2 is 2.06 bits per heavy atom. The molecule has 0 aliphatic carbocycles. The van der Waals surface area contributed by atoms with Crippen LogP contribution in [-0.2, 0) is 13.2 Å². The fourth-order valence-electron chi connectivity index (χ4n) is 1.51. The maximum Gasteiger partial charge on any atom is 0.134 e. The largest absolute Gasteiger partial charge is 0.487 e. The lowest BCUT2D eigenvalue weighted by Crippen LogP contribution is -2.02. The third-order valence-corrected chi connectivity index (χ3v) is 4.25. The topological polar surface area (TPSA) is 21.3 Å². The summed E-state index contributed by atoms with van der Waals surface area (Å²) >= 11 is 11.1. The predicted octanol–water partition coefficient (Wildman–Crippen LogP) is 4.46. The van der Waals surface area contributed by atoms with Crippen LogP contribution < -0.4 is 10.1 Å². The van der Waals surface area contributed by atoms with Crippen LogP contribution >= 0.6 is 38.9 Å². The Bertz CT molecular complexity index is 529. The first-order valence-electron chi connectivity index (χ1n) is 5.49. The number of hydrogen-bond donors (Lipinski definition) is 1. The Hall–Kier alpha value is -0.550. The predicted molar refractivity (Wildman–Crippen MR) is 80.6 cm³/mol. The number of ether oxygens (including phenoxy) is 1. The summed E-state index contributed by atoms with van der Waals surface area (Å²) in [4.78, 5) is 2.52. The molecule has 0 bridgehead atoms. The molecule has 1 N–H and O–H groups in total. The van der Waals surface area contributed by atoms with Crippen LogP contribution in [0.3, 0.4) is 0 Å². The molecule has 96 valence electrons. The zero-order valence-corrected chi connectivity index (χ0v) is 13.0. The molecular formula is C13H13BrClNOS. The normalized spacial score (nSPS) is 10.6. The van der Waals surface area contributed by atoms with Crippen LogP contribution in [0.5, 0.6) is 5.75 Å². The number of rotatable bonds is 5. The van der Waals surface area contributed by atoms with Crippen LogP contribution in [0.1, 0.15) is 9.75 Å². The molecule has 0 spiro atoms. The molecule has 2 rings (SSSR count). The highest BCUT2D eigenvalue weighted by Crippen LogP contribution is 2.29. The number of thiophene rings is 1. The van der Waals surface area contributed by atoms with Gasteiger partial charge in [-0.3, -0.25) is 0 Å². The van der Waals surface area contributed by atoms with Crippen LogP contribution in [0.25, 0.3) is 0 Å². The highest BCUT2D eigenvalue weighted by atomic mass is 79.9. The van der Waals surface area contributed by atoms with Gasteiger partial charge in [0.05, 0.1) is 4.47 Å². The van der Waals surface area contributed by atoms with Gasteiger partial charge in [-0.05, 0) is 53.3 Å². The summed E-state index contributed by atoms with van der Waals surface area (Å²) in [6, 6.07) is 9.74. The van der Waals surface area contributed by atoms with Crippen LogP contribution in [0.15, 0.2) is 34.8 Å². The van der Waals surface area contributed by atoms with Gasteiger partial charge in [0.2, 0.25) is 0 Å². The van der Waals surface area contributed by atoms with Crippen molar-refractivity contribution in [2.24, 2.45) is 0 Å². The van der Waals surface area contributed by atoms with Gasteiger partial charge < -0.3 is 10.1 Å². The fraction of sp³-hybridized carbons (Fsp3) is 0.231. The van der Waals surface area contributed by atoms with E-state index in [4.69, 9.17) is 16.3 Å². The SMILES string of the molecule is CNCc1ccc(COc2ccc(Cl)cc2Br)s1. The lowest BCUT2D eigenvalue weighted by atomic mass is 10.3. The Kier molecular flexibility index (Phi) is 5.06. The van der Waals surface area contributed by atoms with E-state index in [1.54, 1.807) is 11.3 Å².